The number of halogens is 4. The van der Waals surface area contributed by atoms with Crippen LogP contribution < -0.4 is 10.6 Å². The van der Waals surface area contributed by atoms with E-state index in [1.165, 1.54) is 7.11 Å². The molecule has 0 amide bonds. The normalized spacial score (nSPS) is 19.8. The van der Waals surface area contributed by atoms with Crippen molar-refractivity contribution in [3.8, 4) is 0 Å². The second kappa shape index (κ2) is 10.6. The lowest BCUT2D eigenvalue weighted by molar-refractivity contribution is -0.146. The molecule has 28 heavy (non-hydrogen) atoms. The molecular weight excluding hydrogens is 492 g/mol. The molecule has 0 radical (unpaired) electrons. The molecular formula is C16H24F3IN6O2. The second-order valence-electron chi connectivity index (χ2n) is 6.18. The molecule has 1 aliphatic rings. The van der Waals surface area contributed by atoms with Gasteiger partial charge in [-0.25, -0.2) is 9.97 Å². The van der Waals surface area contributed by atoms with Crippen LogP contribution >= 0.6 is 24.0 Å². The number of esters is 1. The Kier molecular flexibility index (Phi) is 9.17. The van der Waals surface area contributed by atoms with Gasteiger partial charge in [-0.05, 0) is 12.0 Å². The fourth-order valence-electron chi connectivity index (χ4n) is 2.88. The van der Waals surface area contributed by atoms with Crippen LogP contribution in [0.25, 0.3) is 0 Å². The highest BCUT2D eigenvalue weighted by Crippen LogP contribution is 2.27. The first-order valence-electron chi connectivity index (χ1n) is 8.43. The van der Waals surface area contributed by atoms with E-state index in [1.807, 2.05) is 11.8 Å². The van der Waals surface area contributed by atoms with E-state index in [0.29, 0.717) is 32.1 Å². The Labute approximate surface area is 178 Å². The van der Waals surface area contributed by atoms with Crippen molar-refractivity contribution < 1.29 is 22.7 Å². The van der Waals surface area contributed by atoms with Gasteiger partial charge in [0.15, 0.2) is 5.96 Å². The number of ether oxygens (including phenoxy) is 1. The second-order valence-corrected chi connectivity index (χ2v) is 6.18. The van der Waals surface area contributed by atoms with Crippen molar-refractivity contribution in [2.24, 2.45) is 16.8 Å². The fraction of sp³-hybridized carbons (Fsp3) is 0.625. The monoisotopic (exact) mass is 516 g/mol. The number of hydrogen-bond acceptors (Lipinski definition) is 6. The van der Waals surface area contributed by atoms with Crippen molar-refractivity contribution in [2.45, 2.75) is 13.1 Å². The number of aliphatic imine (C=N–C) groups is 1. The average Bonchev–Trinajstić information content (AvgIpc) is 3.02. The van der Waals surface area contributed by atoms with Crippen LogP contribution in [0.1, 0.15) is 12.6 Å². The Hall–Kier alpha value is -1.86. The summed E-state index contributed by atoms with van der Waals surface area (Å²) < 4.78 is 42.7. The summed E-state index contributed by atoms with van der Waals surface area (Å²) in [6.07, 6.45) is -3.45. The first-order valence-corrected chi connectivity index (χ1v) is 8.43. The minimum Gasteiger partial charge on any atom is -0.469 e. The topological polar surface area (TPSA) is 91.7 Å². The van der Waals surface area contributed by atoms with Gasteiger partial charge in [0.05, 0.1) is 13.0 Å². The molecule has 2 rings (SSSR count). The summed E-state index contributed by atoms with van der Waals surface area (Å²) in [6.45, 7) is 3.81. The molecule has 1 aliphatic heterocycles. The van der Waals surface area contributed by atoms with Gasteiger partial charge in [-0.15, -0.1) is 24.0 Å². The molecule has 1 aromatic rings. The molecule has 0 saturated carbocycles. The lowest BCUT2D eigenvalue weighted by Gasteiger charge is -2.21. The molecule has 1 fully saturated rings. The van der Waals surface area contributed by atoms with Gasteiger partial charge in [0, 0.05) is 39.4 Å². The van der Waals surface area contributed by atoms with Crippen molar-refractivity contribution in [3.63, 3.8) is 0 Å². The Morgan fingerprint density at radius 3 is 2.71 bits per heavy atom. The minimum atomic E-state index is -4.51. The number of alkyl halides is 3. The SMILES string of the molecule is CN=C(NCCNc1nccc(C(F)(F)F)n1)N1CC(C)C(C(=O)OC)C1.I. The van der Waals surface area contributed by atoms with Crippen LogP contribution in [-0.4, -0.2) is 67.1 Å². The van der Waals surface area contributed by atoms with Gasteiger partial charge in [0.25, 0.3) is 0 Å². The number of guanidine groups is 1. The van der Waals surface area contributed by atoms with Crippen molar-refractivity contribution >= 4 is 41.9 Å². The summed E-state index contributed by atoms with van der Waals surface area (Å²) in [7, 11) is 2.99. The van der Waals surface area contributed by atoms with Gasteiger partial charge < -0.3 is 20.3 Å². The van der Waals surface area contributed by atoms with Crippen LogP contribution in [0.2, 0.25) is 0 Å². The van der Waals surface area contributed by atoms with E-state index >= 15 is 0 Å². The number of hydrogen-bond donors (Lipinski definition) is 2. The molecule has 1 aromatic heterocycles. The third-order valence-corrected chi connectivity index (χ3v) is 4.26. The summed E-state index contributed by atoms with van der Waals surface area (Å²) >= 11 is 0. The van der Waals surface area contributed by atoms with E-state index in [0.717, 1.165) is 12.3 Å². The molecule has 2 unspecified atom stereocenters. The highest BCUT2D eigenvalue weighted by atomic mass is 127. The van der Waals surface area contributed by atoms with E-state index in [4.69, 9.17) is 4.74 Å². The van der Waals surface area contributed by atoms with Crippen LogP contribution in [0.4, 0.5) is 19.1 Å². The zero-order valence-corrected chi connectivity index (χ0v) is 18.1. The third kappa shape index (κ3) is 6.34. The first kappa shape index (κ1) is 24.2. The molecule has 0 aromatic carbocycles. The third-order valence-electron chi connectivity index (χ3n) is 4.26. The lowest BCUT2D eigenvalue weighted by Crippen LogP contribution is -2.42. The van der Waals surface area contributed by atoms with E-state index in [-0.39, 0.29) is 47.7 Å². The molecule has 158 valence electrons. The molecule has 0 spiro atoms. The number of aromatic nitrogens is 2. The molecule has 12 heteroatoms. The molecule has 2 heterocycles. The van der Waals surface area contributed by atoms with Crippen molar-refractivity contribution in [1.82, 2.24) is 20.2 Å². The lowest BCUT2D eigenvalue weighted by atomic mass is 9.99. The Morgan fingerprint density at radius 2 is 2.11 bits per heavy atom. The van der Waals surface area contributed by atoms with Crippen LogP contribution in [0.3, 0.4) is 0 Å². The van der Waals surface area contributed by atoms with E-state index in [1.54, 1.807) is 7.05 Å². The number of carbonyl (C=O) groups excluding carboxylic acids is 1. The van der Waals surface area contributed by atoms with E-state index in [9.17, 15) is 18.0 Å². The maximum Gasteiger partial charge on any atom is 0.433 e. The number of rotatable bonds is 5. The molecule has 8 nitrogen and oxygen atoms in total. The number of carbonyl (C=O) groups is 1. The summed E-state index contributed by atoms with van der Waals surface area (Å²) in [4.78, 5) is 25.1. The predicted molar refractivity (Wildman–Crippen MR) is 109 cm³/mol. The summed E-state index contributed by atoms with van der Waals surface area (Å²) in [6, 6.07) is 0.817. The molecule has 1 saturated heterocycles. The summed E-state index contributed by atoms with van der Waals surface area (Å²) in [5.74, 6) is 0.184. The average molecular weight is 516 g/mol. The quantitative estimate of drug-likeness (QED) is 0.203. The molecule has 2 N–H and O–H groups in total. The van der Waals surface area contributed by atoms with E-state index in [2.05, 4.69) is 25.6 Å². The van der Waals surface area contributed by atoms with Crippen LogP contribution in [-0.2, 0) is 15.7 Å². The Bertz CT molecular complexity index is 689. The zero-order chi connectivity index (χ0) is 20.0. The minimum absolute atomic E-state index is 0. The Balaban J connectivity index is 0.00000392. The number of methoxy groups -OCH3 is 1. The maximum absolute atomic E-state index is 12.6. The van der Waals surface area contributed by atoms with Gasteiger partial charge in [-0.2, -0.15) is 13.2 Å². The standard InChI is InChI=1S/C16H23F3N6O2.HI/c1-10-8-25(9-11(10)13(26)27-3)15(20-2)23-7-6-22-14-21-5-4-12(24-14)16(17,18)19;/h4-5,10-11H,6-9H2,1-3H3,(H,20,23)(H,21,22,24);1H. The number of anilines is 1. The van der Waals surface area contributed by atoms with Crippen molar-refractivity contribution in [2.75, 3.05) is 45.7 Å². The largest absolute Gasteiger partial charge is 0.469 e. The highest BCUT2D eigenvalue weighted by Gasteiger charge is 2.36. The fourth-order valence-corrected chi connectivity index (χ4v) is 2.88. The van der Waals surface area contributed by atoms with Gasteiger partial charge in [0.1, 0.15) is 5.69 Å². The van der Waals surface area contributed by atoms with Crippen molar-refractivity contribution in [1.29, 1.82) is 0 Å². The highest BCUT2D eigenvalue weighted by molar-refractivity contribution is 14.0. The maximum atomic E-state index is 12.6. The summed E-state index contributed by atoms with van der Waals surface area (Å²) in [5.41, 5.74) is -0.997. The van der Waals surface area contributed by atoms with Crippen molar-refractivity contribution in [3.05, 3.63) is 18.0 Å². The number of likely N-dealkylation sites (tertiary alicyclic amines) is 1. The van der Waals surface area contributed by atoms with Gasteiger partial charge >= 0.3 is 12.1 Å². The first-order chi connectivity index (χ1) is 12.8. The molecule has 0 aliphatic carbocycles. The Morgan fingerprint density at radius 1 is 1.39 bits per heavy atom. The number of nitrogens with zero attached hydrogens (tertiary/aromatic N) is 4. The van der Waals surface area contributed by atoms with Crippen LogP contribution in [0.5, 0.6) is 0 Å². The number of nitrogens with one attached hydrogen (secondary N) is 2. The van der Waals surface area contributed by atoms with Gasteiger partial charge in [-0.1, -0.05) is 6.92 Å². The predicted octanol–water partition coefficient (Wildman–Crippen LogP) is 1.84. The summed E-state index contributed by atoms with van der Waals surface area (Å²) in [5, 5.41) is 5.85. The van der Waals surface area contributed by atoms with E-state index < -0.39 is 11.9 Å². The molecule has 2 atom stereocenters. The smallest absolute Gasteiger partial charge is 0.433 e. The molecule has 0 bridgehead atoms. The van der Waals surface area contributed by atoms with Gasteiger partial charge in [-0.3, -0.25) is 9.79 Å². The van der Waals surface area contributed by atoms with Crippen LogP contribution in [0, 0.1) is 11.8 Å². The zero-order valence-electron chi connectivity index (χ0n) is 15.8. The van der Waals surface area contributed by atoms with Gasteiger partial charge in [0.2, 0.25) is 5.95 Å². The van der Waals surface area contributed by atoms with Crippen LogP contribution in [0.15, 0.2) is 17.3 Å².